The second kappa shape index (κ2) is 5.25. The molecule has 2 N–H and O–H groups in total. The van der Waals surface area contributed by atoms with Gasteiger partial charge in [0, 0.05) is 30.7 Å². The quantitative estimate of drug-likeness (QED) is 0.605. The SMILES string of the molecule is O=C(O)[C@@H]1C[C@H](O)CN1C(=O)c1ccc([N+](=O)[O-])cc1. The summed E-state index contributed by atoms with van der Waals surface area (Å²) in [6.45, 7) is -0.0627. The summed E-state index contributed by atoms with van der Waals surface area (Å²) in [5, 5.41) is 29.0. The Hall–Kier alpha value is -2.48. The highest BCUT2D eigenvalue weighted by atomic mass is 16.6. The molecule has 2 rings (SSSR count). The lowest BCUT2D eigenvalue weighted by molar-refractivity contribution is -0.384. The van der Waals surface area contributed by atoms with Gasteiger partial charge in [0.25, 0.3) is 11.6 Å². The smallest absolute Gasteiger partial charge is 0.326 e. The number of carbonyl (C=O) groups excluding carboxylic acids is 1. The van der Waals surface area contributed by atoms with Crippen LogP contribution in [0.3, 0.4) is 0 Å². The normalized spacial score (nSPS) is 21.8. The molecule has 1 aliphatic heterocycles. The molecule has 1 heterocycles. The third kappa shape index (κ3) is 2.59. The van der Waals surface area contributed by atoms with Crippen molar-refractivity contribution in [2.24, 2.45) is 0 Å². The van der Waals surface area contributed by atoms with E-state index in [9.17, 15) is 24.8 Å². The molecule has 8 heteroatoms. The molecule has 1 amide bonds. The van der Waals surface area contributed by atoms with Crippen molar-refractivity contribution in [1.82, 2.24) is 4.90 Å². The van der Waals surface area contributed by atoms with Gasteiger partial charge in [-0.05, 0) is 12.1 Å². The zero-order chi connectivity index (χ0) is 14.9. The van der Waals surface area contributed by atoms with Gasteiger partial charge in [0.05, 0.1) is 11.0 Å². The number of aliphatic hydroxyl groups is 1. The van der Waals surface area contributed by atoms with Crippen LogP contribution in [0.5, 0.6) is 0 Å². The van der Waals surface area contributed by atoms with Crippen LogP contribution >= 0.6 is 0 Å². The predicted molar refractivity (Wildman–Crippen MR) is 66.2 cm³/mol. The molecule has 0 radical (unpaired) electrons. The van der Waals surface area contributed by atoms with E-state index in [0.717, 1.165) is 4.90 Å². The van der Waals surface area contributed by atoms with E-state index in [2.05, 4.69) is 0 Å². The molecule has 0 saturated carbocycles. The number of rotatable bonds is 3. The lowest BCUT2D eigenvalue weighted by Crippen LogP contribution is -2.40. The van der Waals surface area contributed by atoms with Gasteiger partial charge in [0.2, 0.25) is 0 Å². The molecule has 0 aromatic heterocycles. The van der Waals surface area contributed by atoms with Crippen LogP contribution in [-0.2, 0) is 4.79 Å². The summed E-state index contributed by atoms with van der Waals surface area (Å²) in [5.74, 6) is -1.75. The van der Waals surface area contributed by atoms with E-state index in [4.69, 9.17) is 5.11 Å². The van der Waals surface area contributed by atoms with Gasteiger partial charge in [-0.3, -0.25) is 14.9 Å². The zero-order valence-electron chi connectivity index (χ0n) is 10.3. The summed E-state index contributed by atoms with van der Waals surface area (Å²) >= 11 is 0. The minimum atomic E-state index is -1.18. The number of carboxylic acid groups (broad SMARTS) is 1. The van der Waals surface area contributed by atoms with Gasteiger partial charge in [-0.1, -0.05) is 0 Å². The van der Waals surface area contributed by atoms with Crippen LogP contribution in [0, 0.1) is 10.1 Å². The lowest BCUT2D eigenvalue weighted by atomic mass is 10.1. The van der Waals surface area contributed by atoms with E-state index < -0.39 is 28.9 Å². The third-order valence-electron chi connectivity index (χ3n) is 3.15. The Morgan fingerprint density at radius 3 is 2.40 bits per heavy atom. The number of non-ortho nitro benzene ring substituents is 1. The van der Waals surface area contributed by atoms with Crippen LogP contribution in [0.2, 0.25) is 0 Å². The van der Waals surface area contributed by atoms with Crippen molar-refractivity contribution in [3.8, 4) is 0 Å². The fourth-order valence-electron chi connectivity index (χ4n) is 2.16. The molecular formula is C12H12N2O6. The molecule has 2 atom stereocenters. The Morgan fingerprint density at radius 2 is 1.90 bits per heavy atom. The second-order valence-electron chi connectivity index (χ2n) is 4.51. The average molecular weight is 280 g/mol. The maximum absolute atomic E-state index is 12.2. The van der Waals surface area contributed by atoms with E-state index >= 15 is 0 Å². The van der Waals surface area contributed by atoms with Crippen LogP contribution in [0.15, 0.2) is 24.3 Å². The van der Waals surface area contributed by atoms with Gasteiger partial charge in [-0.25, -0.2) is 4.79 Å². The van der Waals surface area contributed by atoms with Crippen LogP contribution in [0.1, 0.15) is 16.8 Å². The van der Waals surface area contributed by atoms with Crippen molar-refractivity contribution in [1.29, 1.82) is 0 Å². The van der Waals surface area contributed by atoms with Crippen molar-refractivity contribution in [3.05, 3.63) is 39.9 Å². The first-order chi connectivity index (χ1) is 9.40. The Bertz CT molecular complexity index is 556. The summed E-state index contributed by atoms with van der Waals surface area (Å²) in [7, 11) is 0. The Kier molecular flexibility index (Phi) is 3.66. The molecule has 1 saturated heterocycles. The van der Waals surface area contributed by atoms with Gasteiger partial charge >= 0.3 is 5.97 Å². The first-order valence-corrected chi connectivity index (χ1v) is 5.86. The number of nitrogens with zero attached hydrogens (tertiary/aromatic N) is 2. The number of nitro groups is 1. The van der Waals surface area contributed by atoms with E-state index in [1.54, 1.807) is 0 Å². The molecule has 0 aliphatic carbocycles. The fraction of sp³-hybridized carbons (Fsp3) is 0.333. The molecule has 1 aromatic rings. The van der Waals surface area contributed by atoms with Gasteiger partial charge < -0.3 is 15.1 Å². The zero-order valence-corrected chi connectivity index (χ0v) is 10.3. The molecule has 1 aliphatic rings. The molecular weight excluding hydrogens is 268 g/mol. The maximum atomic E-state index is 12.2. The molecule has 1 fully saturated rings. The monoisotopic (exact) mass is 280 g/mol. The van der Waals surface area contributed by atoms with Crippen molar-refractivity contribution >= 4 is 17.6 Å². The van der Waals surface area contributed by atoms with Crippen molar-refractivity contribution in [3.63, 3.8) is 0 Å². The lowest BCUT2D eigenvalue weighted by Gasteiger charge is -2.21. The fourth-order valence-corrected chi connectivity index (χ4v) is 2.16. The largest absolute Gasteiger partial charge is 0.480 e. The number of β-amino-alcohol motifs (C(OH)–C–C–N with tert-alkyl or cyclic N) is 1. The van der Waals surface area contributed by atoms with Gasteiger partial charge in [0.1, 0.15) is 6.04 Å². The Balaban J connectivity index is 2.22. The van der Waals surface area contributed by atoms with E-state index in [1.807, 2.05) is 0 Å². The minimum absolute atomic E-state index is 0.0198. The van der Waals surface area contributed by atoms with E-state index in [1.165, 1.54) is 24.3 Å². The molecule has 8 nitrogen and oxygen atoms in total. The number of hydrogen-bond donors (Lipinski definition) is 2. The number of amides is 1. The number of hydrogen-bond acceptors (Lipinski definition) is 5. The van der Waals surface area contributed by atoms with Gasteiger partial charge in [0.15, 0.2) is 0 Å². The molecule has 0 unspecified atom stereocenters. The Morgan fingerprint density at radius 1 is 1.30 bits per heavy atom. The van der Waals surface area contributed by atoms with Crippen LogP contribution < -0.4 is 0 Å². The topological polar surface area (TPSA) is 121 Å². The van der Waals surface area contributed by atoms with E-state index in [-0.39, 0.29) is 24.2 Å². The number of aliphatic hydroxyl groups excluding tert-OH is 1. The second-order valence-corrected chi connectivity index (χ2v) is 4.51. The van der Waals surface area contributed by atoms with Crippen molar-refractivity contribution in [2.45, 2.75) is 18.6 Å². The summed E-state index contributed by atoms with van der Waals surface area (Å²) < 4.78 is 0. The van der Waals surface area contributed by atoms with Gasteiger partial charge in [-0.15, -0.1) is 0 Å². The van der Waals surface area contributed by atoms with E-state index in [0.29, 0.717) is 0 Å². The highest BCUT2D eigenvalue weighted by Crippen LogP contribution is 2.22. The minimum Gasteiger partial charge on any atom is -0.480 e. The molecule has 1 aromatic carbocycles. The highest BCUT2D eigenvalue weighted by molar-refractivity contribution is 5.97. The third-order valence-corrected chi connectivity index (χ3v) is 3.15. The van der Waals surface area contributed by atoms with Crippen LogP contribution in [0.25, 0.3) is 0 Å². The van der Waals surface area contributed by atoms with Crippen LogP contribution in [0.4, 0.5) is 5.69 Å². The maximum Gasteiger partial charge on any atom is 0.326 e. The van der Waals surface area contributed by atoms with Crippen molar-refractivity contribution in [2.75, 3.05) is 6.54 Å². The number of aliphatic carboxylic acids is 1. The molecule has 0 bridgehead atoms. The summed E-state index contributed by atoms with van der Waals surface area (Å²) in [6.07, 6.45) is -0.897. The number of carboxylic acids is 1. The van der Waals surface area contributed by atoms with Gasteiger partial charge in [-0.2, -0.15) is 0 Å². The highest BCUT2D eigenvalue weighted by Gasteiger charge is 2.39. The summed E-state index contributed by atoms with van der Waals surface area (Å²) in [4.78, 5) is 34.2. The Labute approximate surface area is 113 Å². The number of benzene rings is 1. The molecule has 20 heavy (non-hydrogen) atoms. The standard InChI is InChI=1S/C12H12N2O6/c15-9-5-10(12(17)18)13(6-9)11(16)7-1-3-8(4-2-7)14(19)20/h1-4,9-10,15H,5-6H2,(H,17,18)/t9-,10-/m0/s1. The summed E-state index contributed by atoms with van der Waals surface area (Å²) in [6, 6.07) is 3.81. The average Bonchev–Trinajstić information content (AvgIpc) is 2.80. The summed E-state index contributed by atoms with van der Waals surface area (Å²) in [5.41, 5.74) is -0.00580. The van der Waals surface area contributed by atoms with Crippen molar-refractivity contribution < 1.29 is 24.7 Å². The predicted octanol–water partition coefficient (Wildman–Crippen LogP) is 0.255. The number of nitro benzene ring substituents is 1. The first kappa shape index (κ1) is 13.9. The number of likely N-dealkylation sites (tertiary alicyclic amines) is 1. The number of carbonyl (C=O) groups is 2. The molecule has 0 spiro atoms. The first-order valence-electron chi connectivity index (χ1n) is 5.86. The molecule has 106 valence electrons. The van der Waals surface area contributed by atoms with Crippen LogP contribution in [-0.4, -0.2) is 50.6 Å².